The van der Waals surface area contributed by atoms with Crippen molar-refractivity contribution in [2.45, 2.75) is 13.0 Å². The van der Waals surface area contributed by atoms with Crippen LogP contribution in [0.1, 0.15) is 10.4 Å². The summed E-state index contributed by atoms with van der Waals surface area (Å²) in [6.45, 7) is 0.637. The summed E-state index contributed by atoms with van der Waals surface area (Å²) >= 11 is 4.84. The third-order valence-electron chi connectivity index (χ3n) is 2.26. The van der Waals surface area contributed by atoms with Crippen molar-refractivity contribution in [3.8, 4) is 5.75 Å². The van der Waals surface area contributed by atoms with Gasteiger partial charge in [-0.2, -0.15) is 0 Å². The smallest absolute Gasteiger partial charge is 0.124 e. The van der Waals surface area contributed by atoms with E-state index in [1.165, 1.54) is 11.5 Å². The van der Waals surface area contributed by atoms with Gasteiger partial charge in [0.1, 0.15) is 12.4 Å². The predicted octanol–water partition coefficient (Wildman–Crippen LogP) is 3.02. The van der Waals surface area contributed by atoms with Crippen molar-refractivity contribution >= 4 is 27.5 Å². The SMILES string of the molecule is OCCc1cc(Br)ccc1OCc1ccns1. The summed E-state index contributed by atoms with van der Waals surface area (Å²) in [6, 6.07) is 7.76. The van der Waals surface area contributed by atoms with Crippen LogP contribution in [0.2, 0.25) is 0 Å². The van der Waals surface area contributed by atoms with Gasteiger partial charge in [-0.3, -0.25) is 0 Å². The fraction of sp³-hybridized carbons (Fsp3) is 0.250. The fourth-order valence-corrected chi connectivity index (χ4v) is 2.37. The Morgan fingerprint density at radius 2 is 2.24 bits per heavy atom. The van der Waals surface area contributed by atoms with Crippen molar-refractivity contribution in [1.29, 1.82) is 0 Å². The van der Waals surface area contributed by atoms with E-state index in [0.29, 0.717) is 13.0 Å². The van der Waals surface area contributed by atoms with Crippen LogP contribution in [0.15, 0.2) is 34.9 Å². The highest BCUT2D eigenvalue weighted by atomic mass is 79.9. The molecule has 0 aliphatic heterocycles. The molecule has 3 nitrogen and oxygen atoms in total. The number of hydrogen-bond acceptors (Lipinski definition) is 4. The zero-order valence-corrected chi connectivity index (χ0v) is 11.5. The molecule has 17 heavy (non-hydrogen) atoms. The topological polar surface area (TPSA) is 42.4 Å². The summed E-state index contributed by atoms with van der Waals surface area (Å²) in [4.78, 5) is 1.09. The molecule has 5 heteroatoms. The van der Waals surface area contributed by atoms with Gasteiger partial charge in [-0.25, -0.2) is 4.37 Å². The normalized spacial score (nSPS) is 10.5. The molecular weight excluding hydrogens is 302 g/mol. The van der Waals surface area contributed by atoms with Crippen LogP contribution in [0.5, 0.6) is 5.75 Å². The standard InChI is InChI=1S/C12H12BrNO2S/c13-10-1-2-12(9(7-10)4-6-15)16-8-11-3-5-14-17-11/h1-3,5,7,15H,4,6,8H2. The Bertz CT molecular complexity index is 473. The average Bonchev–Trinajstić information content (AvgIpc) is 2.81. The molecular formula is C12H12BrNO2S. The molecule has 2 aromatic rings. The summed E-state index contributed by atoms with van der Waals surface area (Å²) in [5.74, 6) is 0.815. The number of aromatic nitrogens is 1. The first kappa shape index (κ1) is 12.5. The minimum absolute atomic E-state index is 0.118. The van der Waals surface area contributed by atoms with Gasteiger partial charge < -0.3 is 9.84 Å². The van der Waals surface area contributed by atoms with Crippen LogP contribution in [0.3, 0.4) is 0 Å². The molecule has 0 saturated carbocycles. The highest BCUT2D eigenvalue weighted by Gasteiger charge is 2.05. The predicted molar refractivity (Wildman–Crippen MR) is 71.4 cm³/mol. The number of ether oxygens (including phenoxy) is 1. The van der Waals surface area contributed by atoms with Gasteiger partial charge in [0, 0.05) is 17.3 Å². The minimum Gasteiger partial charge on any atom is -0.488 e. The van der Waals surface area contributed by atoms with E-state index < -0.39 is 0 Å². The zero-order valence-electron chi connectivity index (χ0n) is 9.10. The molecule has 0 fully saturated rings. The molecule has 0 radical (unpaired) electrons. The van der Waals surface area contributed by atoms with Crippen LogP contribution in [-0.4, -0.2) is 16.1 Å². The Labute approximate surface area is 112 Å². The van der Waals surface area contributed by atoms with Crippen molar-refractivity contribution in [1.82, 2.24) is 4.37 Å². The van der Waals surface area contributed by atoms with Crippen LogP contribution in [0.4, 0.5) is 0 Å². The molecule has 1 heterocycles. The molecule has 0 aliphatic rings. The van der Waals surface area contributed by atoms with E-state index in [0.717, 1.165) is 20.7 Å². The van der Waals surface area contributed by atoms with Gasteiger partial charge in [0.05, 0.1) is 4.88 Å². The lowest BCUT2D eigenvalue weighted by Crippen LogP contribution is -1.99. The van der Waals surface area contributed by atoms with Gasteiger partial charge in [0.2, 0.25) is 0 Å². The van der Waals surface area contributed by atoms with E-state index in [1.807, 2.05) is 24.3 Å². The summed E-state index contributed by atoms with van der Waals surface area (Å²) in [5.41, 5.74) is 1.01. The molecule has 0 spiro atoms. The van der Waals surface area contributed by atoms with Crippen molar-refractivity contribution in [3.63, 3.8) is 0 Å². The van der Waals surface area contributed by atoms with Crippen LogP contribution in [0, 0.1) is 0 Å². The summed E-state index contributed by atoms with van der Waals surface area (Å²) in [5, 5.41) is 9.01. The highest BCUT2D eigenvalue weighted by molar-refractivity contribution is 9.10. The van der Waals surface area contributed by atoms with Gasteiger partial charge in [-0.15, -0.1) is 0 Å². The van der Waals surface area contributed by atoms with Gasteiger partial charge in [-0.1, -0.05) is 15.9 Å². The summed E-state index contributed by atoms with van der Waals surface area (Å²) in [6.07, 6.45) is 2.36. The molecule has 0 unspecified atom stereocenters. The number of nitrogens with zero attached hydrogens (tertiary/aromatic N) is 1. The van der Waals surface area contributed by atoms with E-state index in [1.54, 1.807) is 6.20 Å². The van der Waals surface area contributed by atoms with Crippen molar-refractivity contribution in [2.75, 3.05) is 6.61 Å². The van der Waals surface area contributed by atoms with E-state index in [2.05, 4.69) is 20.3 Å². The van der Waals surface area contributed by atoms with E-state index in [-0.39, 0.29) is 6.61 Å². The lowest BCUT2D eigenvalue weighted by Gasteiger charge is -2.10. The van der Waals surface area contributed by atoms with Gasteiger partial charge >= 0.3 is 0 Å². The number of hydrogen-bond donors (Lipinski definition) is 1. The Balaban J connectivity index is 2.08. The maximum atomic E-state index is 9.01. The lowest BCUT2D eigenvalue weighted by molar-refractivity contribution is 0.285. The Morgan fingerprint density at radius 3 is 2.94 bits per heavy atom. The number of benzene rings is 1. The molecule has 1 N–H and O–H groups in total. The zero-order chi connectivity index (χ0) is 12.1. The Hall–Kier alpha value is -0.910. The molecule has 0 atom stereocenters. The third-order valence-corrected chi connectivity index (χ3v) is 3.47. The first-order chi connectivity index (χ1) is 8.29. The van der Waals surface area contributed by atoms with Crippen molar-refractivity contribution < 1.29 is 9.84 Å². The van der Waals surface area contributed by atoms with E-state index in [9.17, 15) is 0 Å². The molecule has 0 saturated heterocycles. The van der Waals surface area contributed by atoms with Crippen LogP contribution in [0.25, 0.3) is 0 Å². The lowest BCUT2D eigenvalue weighted by atomic mass is 10.1. The van der Waals surface area contributed by atoms with Gasteiger partial charge in [0.15, 0.2) is 0 Å². The molecule has 0 amide bonds. The van der Waals surface area contributed by atoms with E-state index in [4.69, 9.17) is 9.84 Å². The maximum Gasteiger partial charge on any atom is 0.124 e. The first-order valence-corrected chi connectivity index (χ1v) is 6.78. The van der Waals surface area contributed by atoms with Gasteiger partial charge in [-0.05, 0) is 47.8 Å². The molecule has 0 bridgehead atoms. The minimum atomic E-state index is 0.118. The van der Waals surface area contributed by atoms with Crippen molar-refractivity contribution in [3.05, 3.63) is 45.4 Å². The number of aliphatic hydroxyl groups is 1. The molecule has 90 valence electrons. The third kappa shape index (κ3) is 3.52. The average molecular weight is 314 g/mol. The van der Waals surface area contributed by atoms with Crippen LogP contribution in [-0.2, 0) is 13.0 Å². The molecule has 1 aromatic heterocycles. The molecule has 1 aromatic carbocycles. The van der Waals surface area contributed by atoms with Crippen molar-refractivity contribution in [2.24, 2.45) is 0 Å². The Kier molecular flexibility index (Phi) is 4.53. The second-order valence-electron chi connectivity index (χ2n) is 3.49. The van der Waals surface area contributed by atoms with Gasteiger partial charge in [0.25, 0.3) is 0 Å². The molecule has 0 aliphatic carbocycles. The number of aliphatic hydroxyl groups excluding tert-OH is 1. The second kappa shape index (κ2) is 6.14. The quantitative estimate of drug-likeness (QED) is 0.922. The van der Waals surface area contributed by atoms with E-state index >= 15 is 0 Å². The summed E-state index contributed by atoms with van der Waals surface area (Å²) < 4.78 is 10.7. The maximum absolute atomic E-state index is 9.01. The fourth-order valence-electron chi connectivity index (χ4n) is 1.47. The number of rotatable bonds is 5. The Morgan fingerprint density at radius 1 is 1.35 bits per heavy atom. The van der Waals surface area contributed by atoms with Crippen LogP contribution < -0.4 is 4.74 Å². The highest BCUT2D eigenvalue weighted by Crippen LogP contribution is 2.24. The second-order valence-corrected chi connectivity index (χ2v) is 5.33. The van der Waals surface area contributed by atoms with Crippen LogP contribution >= 0.6 is 27.5 Å². The summed E-state index contributed by atoms with van der Waals surface area (Å²) in [7, 11) is 0. The number of halogens is 1. The first-order valence-electron chi connectivity index (χ1n) is 5.21. The largest absolute Gasteiger partial charge is 0.488 e. The monoisotopic (exact) mass is 313 g/mol. The molecule has 2 rings (SSSR count).